The van der Waals surface area contributed by atoms with Crippen LogP contribution in [0.25, 0.3) is 0 Å². The van der Waals surface area contributed by atoms with Gasteiger partial charge in [0.05, 0.1) is 6.61 Å². The zero-order valence-corrected chi connectivity index (χ0v) is 15.1. The number of likely N-dealkylation sites (tertiary alicyclic amines) is 1. The van der Waals surface area contributed by atoms with E-state index in [1.165, 1.54) is 6.07 Å². The van der Waals surface area contributed by atoms with Crippen LogP contribution in [0, 0.1) is 11.6 Å². The Kier molecular flexibility index (Phi) is 7.34. The first kappa shape index (κ1) is 19.0. The third-order valence-electron chi connectivity index (χ3n) is 4.28. The van der Waals surface area contributed by atoms with Crippen LogP contribution in [0.1, 0.15) is 51.0 Å². The molecule has 1 fully saturated rings. The van der Waals surface area contributed by atoms with Crippen LogP contribution in [-0.2, 0) is 4.74 Å². The molecule has 1 aliphatic heterocycles. The Bertz CT molecular complexity index is 560. The van der Waals surface area contributed by atoms with Gasteiger partial charge in [-0.15, -0.1) is 11.8 Å². The topological polar surface area (TPSA) is 29.5 Å². The van der Waals surface area contributed by atoms with Crippen LogP contribution in [0.15, 0.2) is 17.0 Å². The van der Waals surface area contributed by atoms with Gasteiger partial charge in [0.1, 0.15) is 0 Å². The molecule has 0 unspecified atom stereocenters. The number of hydrogen-bond acceptors (Lipinski definition) is 3. The minimum absolute atomic E-state index is 0.0597. The van der Waals surface area contributed by atoms with Crippen molar-refractivity contribution < 1.29 is 18.3 Å². The Morgan fingerprint density at radius 2 is 2.00 bits per heavy atom. The lowest BCUT2D eigenvalue weighted by Gasteiger charge is -2.32. The van der Waals surface area contributed by atoms with Gasteiger partial charge in [0.25, 0.3) is 0 Å². The average molecular weight is 357 g/mol. The quantitative estimate of drug-likeness (QED) is 0.518. The summed E-state index contributed by atoms with van der Waals surface area (Å²) in [6.07, 6.45) is 3.04. The highest BCUT2D eigenvalue weighted by molar-refractivity contribution is 7.99. The van der Waals surface area contributed by atoms with Gasteiger partial charge in [-0.1, -0.05) is 13.3 Å². The van der Waals surface area contributed by atoms with Gasteiger partial charge < -0.3 is 9.64 Å². The predicted molar refractivity (Wildman–Crippen MR) is 92.6 cm³/mol. The highest BCUT2D eigenvalue weighted by atomic mass is 32.2. The normalized spacial score (nSPS) is 15.6. The number of thioether (sulfide) groups is 1. The maximum atomic E-state index is 14.4. The lowest BCUT2D eigenvalue weighted by Crippen LogP contribution is -2.38. The summed E-state index contributed by atoms with van der Waals surface area (Å²) in [7, 11) is 0. The molecule has 0 bridgehead atoms. The van der Waals surface area contributed by atoms with Crippen LogP contribution >= 0.6 is 11.8 Å². The van der Waals surface area contributed by atoms with Crippen LogP contribution in [0.2, 0.25) is 0 Å². The van der Waals surface area contributed by atoms with Crippen molar-refractivity contribution in [3.05, 3.63) is 29.3 Å². The van der Waals surface area contributed by atoms with E-state index in [2.05, 4.69) is 6.92 Å². The first-order valence-corrected chi connectivity index (χ1v) is 9.59. The molecule has 3 nitrogen and oxygen atoms in total. The maximum Gasteiger partial charge on any atom is 0.409 e. The van der Waals surface area contributed by atoms with E-state index in [1.54, 1.807) is 29.7 Å². The van der Waals surface area contributed by atoms with E-state index in [9.17, 15) is 13.6 Å². The number of amides is 1. The number of carbonyl (C=O) groups is 1. The van der Waals surface area contributed by atoms with Gasteiger partial charge in [-0.05, 0) is 50.0 Å². The molecule has 1 aromatic rings. The van der Waals surface area contributed by atoms with Crippen molar-refractivity contribution in [2.24, 2.45) is 0 Å². The van der Waals surface area contributed by atoms with E-state index in [0.29, 0.717) is 38.1 Å². The van der Waals surface area contributed by atoms with Gasteiger partial charge in [-0.2, -0.15) is 0 Å². The second-order valence-electron chi connectivity index (χ2n) is 5.94. The van der Waals surface area contributed by atoms with Gasteiger partial charge >= 0.3 is 6.09 Å². The maximum absolute atomic E-state index is 14.4. The van der Waals surface area contributed by atoms with Crippen molar-refractivity contribution in [3.8, 4) is 0 Å². The van der Waals surface area contributed by atoms with Gasteiger partial charge in [0.15, 0.2) is 11.6 Å². The summed E-state index contributed by atoms with van der Waals surface area (Å²) in [6.45, 7) is 5.25. The van der Waals surface area contributed by atoms with Crippen LogP contribution in [-0.4, -0.2) is 36.4 Å². The molecule has 0 aromatic heterocycles. The SMILES string of the molecule is CCCCSc1ccc(F)c(F)c1C1CCN(C(=O)OCC)CC1. The average Bonchev–Trinajstić information content (AvgIpc) is 2.59. The molecule has 0 N–H and O–H groups in total. The van der Waals surface area contributed by atoms with Gasteiger partial charge in [-0.3, -0.25) is 0 Å². The lowest BCUT2D eigenvalue weighted by atomic mass is 9.89. The summed E-state index contributed by atoms with van der Waals surface area (Å²) in [5.41, 5.74) is 0.486. The number of unbranched alkanes of at least 4 members (excludes halogenated alkanes) is 1. The third kappa shape index (κ3) is 4.62. The monoisotopic (exact) mass is 357 g/mol. The van der Waals surface area contributed by atoms with Gasteiger partial charge in [0.2, 0.25) is 0 Å². The molecule has 24 heavy (non-hydrogen) atoms. The number of benzene rings is 1. The summed E-state index contributed by atoms with van der Waals surface area (Å²) in [5.74, 6) is -0.685. The molecule has 2 rings (SSSR count). The van der Waals surface area contributed by atoms with Crippen molar-refractivity contribution in [1.82, 2.24) is 4.90 Å². The van der Waals surface area contributed by atoms with Crippen molar-refractivity contribution >= 4 is 17.9 Å². The van der Waals surface area contributed by atoms with E-state index in [-0.39, 0.29) is 12.0 Å². The summed E-state index contributed by atoms with van der Waals surface area (Å²) in [6, 6.07) is 2.90. The van der Waals surface area contributed by atoms with E-state index < -0.39 is 11.6 Å². The number of carbonyl (C=O) groups excluding carboxylic acids is 1. The number of halogens is 2. The number of piperidine rings is 1. The molecule has 0 saturated carbocycles. The molecule has 134 valence electrons. The lowest BCUT2D eigenvalue weighted by molar-refractivity contribution is 0.0967. The van der Waals surface area contributed by atoms with Gasteiger partial charge in [-0.25, -0.2) is 13.6 Å². The van der Waals surface area contributed by atoms with E-state index in [4.69, 9.17) is 4.74 Å². The molecule has 1 aromatic carbocycles. The Morgan fingerprint density at radius 1 is 1.29 bits per heavy atom. The van der Waals surface area contributed by atoms with Crippen LogP contribution < -0.4 is 0 Å². The van der Waals surface area contributed by atoms with Crippen molar-refractivity contribution in [3.63, 3.8) is 0 Å². The Hall–Kier alpha value is -1.30. The molecule has 6 heteroatoms. The summed E-state index contributed by atoms with van der Waals surface area (Å²) in [4.78, 5) is 14.2. The molecule has 1 saturated heterocycles. The largest absolute Gasteiger partial charge is 0.450 e. The molecule has 1 amide bonds. The molecule has 0 atom stereocenters. The predicted octanol–water partition coefficient (Wildman–Crippen LogP) is 5.19. The molecule has 1 aliphatic rings. The fourth-order valence-electron chi connectivity index (χ4n) is 2.95. The third-order valence-corrected chi connectivity index (χ3v) is 5.44. The smallest absolute Gasteiger partial charge is 0.409 e. The summed E-state index contributed by atoms with van der Waals surface area (Å²) < 4.78 is 33.2. The standard InChI is InChI=1S/C18H25F2NO2S/c1-3-5-12-24-15-7-6-14(19)17(20)16(15)13-8-10-21(11-9-13)18(22)23-4-2/h6-7,13H,3-5,8-12H2,1-2H3. The van der Waals surface area contributed by atoms with Crippen LogP contribution in [0.3, 0.4) is 0 Å². The molecule has 0 aliphatic carbocycles. The zero-order valence-electron chi connectivity index (χ0n) is 14.3. The van der Waals surface area contributed by atoms with E-state index in [1.807, 2.05) is 0 Å². The first-order valence-electron chi connectivity index (χ1n) is 8.60. The molecular weight excluding hydrogens is 332 g/mol. The minimum atomic E-state index is -0.794. The van der Waals surface area contributed by atoms with Crippen LogP contribution in [0.5, 0.6) is 0 Å². The number of nitrogens with zero attached hydrogens (tertiary/aromatic N) is 1. The van der Waals surface area contributed by atoms with E-state index >= 15 is 0 Å². The fraction of sp³-hybridized carbons (Fsp3) is 0.611. The number of hydrogen-bond donors (Lipinski definition) is 0. The molecule has 0 radical (unpaired) electrons. The second-order valence-corrected chi connectivity index (χ2v) is 7.07. The highest BCUT2D eigenvalue weighted by Gasteiger charge is 2.29. The molecule has 1 heterocycles. The fourth-order valence-corrected chi connectivity index (χ4v) is 4.18. The first-order chi connectivity index (χ1) is 11.6. The Morgan fingerprint density at radius 3 is 2.62 bits per heavy atom. The zero-order chi connectivity index (χ0) is 17.5. The van der Waals surface area contributed by atoms with E-state index in [0.717, 1.165) is 23.5 Å². The second kappa shape index (κ2) is 9.25. The number of ether oxygens (including phenoxy) is 1. The number of rotatable bonds is 6. The van der Waals surface area contributed by atoms with Crippen molar-refractivity contribution in [2.75, 3.05) is 25.4 Å². The molecule has 0 spiro atoms. The Balaban J connectivity index is 2.10. The summed E-state index contributed by atoms with van der Waals surface area (Å²) >= 11 is 1.59. The molecular formula is C18H25F2NO2S. The van der Waals surface area contributed by atoms with Crippen molar-refractivity contribution in [1.29, 1.82) is 0 Å². The van der Waals surface area contributed by atoms with Crippen molar-refractivity contribution in [2.45, 2.75) is 50.3 Å². The van der Waals surface area contributed by atoms with Crippen LogP contribution in [0.4, 0.5) is 13.6 Å². The Labute approximate surface area is 146 Å². The minimum Gasteiger partial charge on any atom is -0.450 e. The highest BCUT2D eigenvalue weighted by Crippen LogP contribution is 2.38. The summed E-state index contributed by atoms with van der Waals surface area (Å²) in [5, 5.41) is 0. The van der Waals surface area contributed by atoms with Gasteiger partial charge in [0, 0.05) is 23.5 Å².